The third kappa shape index (κ3) is 7.79. The second kappa shape index (κ2) is 12.1. The molecule has 0 aliphatic rings. The molecule has 1 rings (SSSR count). The molecule has 2 atom stereocenters. The van der Waals surface area contributed by atoms with Crippen LogP contribution in [-0.2, 0) is 8.92 Å². The molecule has 0 fully saturated rings. The standard InChI is InChI=1S/C10H15BFIN2O4S.C2H6/c1-7(5-11(13)20-18-2)19-9(6-12)15-4-3-8(16)14-10(15)17;1-2/h3-4,7,9H,5-6H2,1-2H3,(H,14,16,17);1-2H3. The van der Waals surface area contributed by atoms with Crippen LogP contribution in [0, 0.1) is 0 Å². The zero-order chi connectivity index (χ0) is 17.1. The Labute approximate surface area is 147 Å². The molecule has 0 saturated carbocycles. The molecule has 1 aromatic rings. The van der Waals surface area contributed by atoms with E-state index in [2.05, 4.69) is 27.4 Å². The molecule has 0 aliphatic carbocycles. The van der Waals surface area contributed by atoms with Crippen LogP contribution in [0.1, 0.15) is 27.0 Å². The van der Waals surface area contributed by atoms with E-state index >= 15 is 0 Å². The summed E-state index contributed by atoms with van der Waals surface area (Å²) in [5, 5.41) is 0. The summed E-state index contributed by atoms with van der Waals surface area (Å²) in [6.07, 6.45) is 0.543. The number of aromatic nitrogens is 2. The van der Waals surface area contributed by atoms with Crippen molar-refractivity contribution in [3.05, 3.63) is 33.1 Å². The summed E-state index contributed by atoms with van der Waals surface area (Å²) < 4.78 is 24.7. The van der Waals surface area contributed by atoms with Crippen LogP contribution in [0.15, 0.2) is 21.9 Å². The minimum atomic E-state index is -1.05. The van der Waals surface area contributed by atoms with Gasteiger partial charge in [-0.2, -0.15) is 0 Å². The van der Waals surface area contributed by atoms with Crippen molar-refractivity contribution in [1.82, 2.24) is 9.55 Å². The molecule has 10 heteroatoms. The van der Waals surface area contributed by atoms with E-state index in [0.717, 1.165) is 10.6 Å². The third-order valence-corrected chi connectivity index (χ3v) is 4.13. The SMILES string of the molecule is CC.COSB(I)CC(C)OC(CF)n1ccc(=O)[nH]c1=O. The van der Waals surface area contributed by atoms with Gasteiger partial charge in [0.1, 0.15) is 6.67 Å². The third-order valence-electron chi connectivity index (χ3n) is 2.40. The highest BCUT2D eigenvalue weighted by atomic mass is 127. The van der Waals surface area contributed by atoms with Crippen molar-refractivity contribution in [1.29, 1.82) is 0 Å². The fraction of sp³-hybridized carbons (Fsp3) is 0.667. The lowest BCUT2D eigenvalue weighted by atomic mass is 9.98. The first-order chi connectivity index (χ1) is 10.5. The van der Waals surface area contributed by atoms with Crippen LogP contribution in [0.4, 0.5) is 4.39 Å². The lowest BCUT2D eigenvalue weighted by molar-refractivity contribution is -0.0523. The largest absolute Gasteiger partial charge is 0.353 e. The van der Waals surface area contributed by atoms with Gasteiger partial charge >= 0.3 is 9.54 Å². The molecular weight excluding hydrogens is 425 g/mol. The lowest BCUT2D eigenvalue weighted by Crippen LogP contribution is -2.34. The predicted molar refractivity (Wildman–Crippen MR) is 97.4 cm³/mol. The second-order valence-corrected chi connectivity index (χ2v) is 7.43. The Balaban J connectivity index is 0.00000211. The Hall–Kier alpha value is -0.325. The van der Waals surface area contributed by atoms with Crippen molar-refractivity contribution in [3.8, 4) is 0 Å². The summed E-state index contributed by atoms with van der Waals surface area (Å²) in [5.41, 5.74) is -1.22. The van der Waals surface area contributed by atoms with Crippen LogP contribution in [0.2, 0.25) is 6.32 Å². The molecule has 2 unspecified atom stereocenters. The van der Waals surface area contributed by atoms with Gasteiger partial charge in [-0.15, -0.1) is 22.4 Å². The maximum Gasteiger partial charge on any atom is 0.330 e. The maximum absolute atomic E-state index is 13.1. The van der Waals surface area contributed by atoms with Gasteiger partial charge in [-0.25, -0.2) is 9.18 Å². The van der Waals surface area contributed by atoms with Gasteiger partial charge in [-0.05, 0) is 13.2 Å². The second-order valence-electron chi connectivity index (χ2n) is 3.98. The molecule has 6 nitrogen and oxygen atoms in total. The van der Waals surface area contributed by atoms with E-state index in [1.54, 1.807) is 14.0 Å². The molecule has 0 amide bonds. The molecular formula is C12H21BFIN2O4S. The first kappa shape index (κ1) is 21.7. The van der Waals surface area contributed by atoms with Gasteiger partial charge in [0.2, 0.25) is 0 Å². The van der Waals surface area contributed by atoms with Gasteiger partial charge < -0.3 is 8.92 Å². The molecule has 126 valence electrons. The number of hydrogen-bond donors (Lipinski definition) is 1. The number of ether oxygens (including phenoxy) is 1. The van der Waals surface area contributed by atoms with Crippen molar-refractivity contribution in [2.75, 3.05) is 13.8 Å². The Morgan fingerprint density at radius 1 is 1.50 bits per heavy atom. The fourth-order valence-electron chi connectivity index (χ4n) is 1.56. The average Bonchev–Trinajstić information content (AvgIpc) is 2.47. The van der Waals surface area contributed by atoms with Gasteiger partial charge in [0.05, 0.1) is 6.10 Å². The molecule has 1 heterocycles. The van der Waals surface area contributed by atoms with Gasteiger partial charge in [-0.3, -0.25) is 14.3 Å². The molecule has 0 aliphatic heterocycles. The molecule has 1 N–H and O–H groups in total. The number of H-pyrrole nitrogens is 1. The maximum atomic E-state index is 13.1. The van der Waals surface area contributed by atoms with E-state index in [-0.39, 0.29) is 9.95 Å². The zero-order valence-corrected chi connectivity index (χ0v) is 16.0. The van der Waals surface area contributed by atoms with Crippen molar-refractivity contribution >= 4 is 38.1 Å². The van der Waals surface area contributed by atoms with E-state index in [1.165, 1.54) is 18.1 Å². The van der Waals surface area contributed by atoms with Crippen LogP contribution in [0.5, 0.6) is 0 Å². The zero-order valence-electron chi connectivity index (χ0n) is 13.0. The fourth-order valence-corrected chi connectivity index (χ4v) is 3.46. The number of nitrogens with one attached hydrogen (secondary N) is 1. The van der Waals surface area contributed by atoms with E-state index in [1.807, 2.05) is 13.8 Å². The summed E-state index contributed by atoms with van der Waals surface area (Å²) in [4.78, 5) is 24.6. The normalized spacial score (nSPS) is 13.0. The van der Waals surface area contributed by atoms with Gasteiger partial charge in [0.15, 0.2) is 6.23 Å². The van der Waals surface area contributed by atoms with Crippen LogP contribution in [0.3, 0.4) is 0 Å². The smallest absolute Gasteiger partial charge is 0.330 e. The number of rotatable bonds is 8. The Morgan fingerprint density at radius 3 is 2.64 bits per heavy atom. The van der Waals surface area contributed by atoms with E-state index in [9.17, 15) is 14.0 Å². The number of nitrogens with zero attached hydrogens (tertiary/aromatic N) is 1. The highest BCUT2D eigenvalue weighted by Crippen LogP contribution is 2.22. The van der Waals surface area contributed by atoms with Crippen molar-refractivity contribution in [3.63, 3.8) is 0 Å². The first-order valence-electron chi connectivity index (χ1n) is 6.84. The van der Waals surface area contributed by atoms with E-state index in [0.29, 0.717) is 6.32 Å². The molecule has 22 heavy (non-hydrogen) atoms. The van der Waals surface area contributed by atoms with Crippen LogP contribution in [0.25, 0.3) is 0 Å². The van der Waals surface area contributed by atoms with E-state index in [4.69, 9.17) is 8.92 Å². The Bertz CT molecular complexity index is 530. The van der Waals surface area contributed by atoms with Crippen LogP contribution in [-0.4, -0.2) is 33.3 Å². The number of halogens is 2. The number of aromatic amines is 1. The number of hydrogen-bond acceptors (Lipinski definition) is 5. The van der Waals surface area contributed by atoms with Crippen LogP contribution >= 0.6 is 34.3 Å². The summed E-state index contributed by atoms with van der Waals surface area (Å²) in [6.45, 7) is 4.93. The monoisotopic (exact) mass is 446 g/mol. The Morgan fingerprint density at radius 2 is 2.14 bits per heavy atom. The summed E-state index contributed by atoms with van der Waals surface area (Å²) in [6, 6.07) is 1.15. The Kier molecular flexibility index (Phi) is 12.0. The minimum Gasteiger partial charge on any atom is -0.353 e. The molecule has 0 aromatic carbocycles. The summed E-state index contributed by atoms with van der Waals surface area (Å²) in [7, 11) is 1.58. The van der Waals surface area contributed by atoms with E-state index < -0.39 is 24.2 Å². The van der Waals surface area contributed by atoms with Crippen LogP contribution < -0.4 is 11.2 Å². The van der Waals surface area contributed by atoms with Crippen molar-refractivity contribution in [2.45, 2.75) is 39.4 Å². The van der Waals surface area contributed by atoms with Crippen molar-refractivity contribution in [2.24, 2.45) is 0 Å². The topological polar surface area (TPSA) is 73.3 Å². The molecule has 0 saturated heterocycles. The van der Waals surface area contributed by atoms with Gasteiger partial charge in [0, 0.05) is 19.4 Å². The van der Waals surface area contributed by atoms with Gasteiger partial charge in [0.25, 0.3) is 5.56 Å². The minimum absolute atomic E-state index is 0.153. The molecule has 0 spiro atoms. The highest BCUT2D eigenvalue weighted by molar-refractivity contribution is 14.1. The van der Waals surface area contributed by atoms with Crippen molar-refractivity contribution < 1.29 is 13.3 Å². The molecule has 0 radical (unpaired) electrons. The summed E-state index contributed by atoms with van der Waals surface area (Å²) >= 11 is 3.48. The first-order valence-corrected chi connectivity index (χ1v) is 8.89. The molecule has 1 aromatic heterocycles. The number of alkyl halides is 1. The average molecular weight is 446 g/mol. The molecule has 0 bridgehead atoms. The quantitative estimate of drug-likeness (QED) is 0.378. The van der Waals surface area contributed by atoms with Gasteiger partial charge in [-0.1, -0.05) is 25.7 Å². The lowest BCUT2D eigenvalue weighted by Gasteiger charge is -2.22. The highest BCUT2D eigenvalue weighted by Gasteiger charge is 2.21. The predicted octanol–water partition coefficient (Wildman–Crippen LogP) is 2.65. The summed E-state index contributed by atoms with van der Waals surface area (Å²) in [5.74, 6) is 0.